The first kappa shape index (κ1) is 17.1. The van der Waals surface area contributed by atoms with Gasteiger partial charge in [-0.05, 0) is 12.1 Å². The number of aromatic nitrogens is 2. The summed E-state index contributed by atoms with van der Waals surface area (Å²) in [5, 5.41) is 0. The molecule has 1 aromatic heterocycles. The van der Waals surface area contributed by atoms with Crippen LogP contribution in [0.5, 0.6) is 11.5 Å². The van der Waals surface area contributed by atoms with Crippen molar-refractivity contribution in [2.24, 2.45) is 14.1 Å². The molecule has 0 bridgehead atoms. The smallest absolute Gasteiger partial charge is 0.332 e. The number of rotatable bonds is 5. The van der Waals surface area contributed by atoms with Crippen molar-refractivity contribution < 1.29 is 14.3 Å². The second kappa shape index (κ2) is 6.90. The molecule has 9 heteroatoms. The predicted molar refractivity (Wildman–Crippen MR) is 87.6 cm³/mol. The fourth-order valence-electron chi connectivity index (χ4n) is 2.11. The zero-order valence-corrected chi connectivity index (χ0v) is 13.7. The molecule has 0 unspecified atom stereocenters. The Balaban J connectivity index is 2.27. The van der Waals surface area contributed by atoms with Crippen LogP contribution in [0.3, 0.4) is 0 Å². The third-order valence-corrected chi connectivity index (χ3v) is 3.48. The zero-order valence-electron chi connectivity index (χ0n) is 13.7. The van der Waals surface area contributed by atoms with Crippen LogP contribution >= 0.6 is 0 Å². The Morgan fingerprint density at radius 1 is 1.08 bits per heavy atom. The average Bonchev–Trinajstić information content (AvgIpc) is 2.60. The van der Waals surface area contributed by atoms with E-state index in [0.29, 0.717) is 5.75 Å². The SMILES string of the molecule is COc1cccc(C(=O)NNc2cc(=O)n(C)c(=O)n2C)c1OC. The number of hydrogen-bond donors (Lipinski definition) is 2. The molecule has 0 aliphatic heterocycles. The summed E-state index contributed by atoms with van der Waals surface area (Å²) in [4.78, 5) is 35.9. The highest BCUT2D eigenvalue weighted by Gasteiger charge is 2.16. The van der Waals surface area contributed by atoms with Crippen LogP contribution in [0, 0.1) is 0 Å². The summed E-state index contributed by atoms with van der Waals surface area (Å²) in [7, 11) is 5.73. The highest BCUT2D eigenvalue weighted by molar-refractivity contribution is 5.98. The van der Waals surface area contributed by atoms with Gasteiger partial charge in [-0.3, -0.25) is 29.6 Å². The number of anilines is 1. The molecule has 0 saturated heterocycles. The van der Waals surface area contributed by atoms with Gasteiger partial charge < -0.3 is 9.47 Å². The maximum atomic E-state index is 12.3. The summed E-state index contributed by atoms with van der Waals surface area (Å²) in [6, 6.07) is 6.06. The molecule has 2 N–H and O–H groups in total. The van der Waals surface area contributed by atoms with E-state index in [9.17, 15) is 14.4 Å². The van der Waals surface area contributed by atoms with Crippen molar-refractivity contribution in [3.63, 3.8) is 0 Å². The molecule has 0 saturated carbocycles. The van der Waals surface area contributed by atoms with Crippen LogP contribution in [0.4, 0.5) is 5.82 Å². The standard InChI is InChI=1S/C15H18N4O5/c1-18-11(8-12(20)19(2)15(18)22)16-17-14(21)9-6-5-7-10(23-3)13(9)24-4/h5-8,16H,1-4H3,(H,17,21). The molecule has 2 rings (SSSR count). The molecule has 24 heavy (non-hydrogen) atoms. The Morgan fingerprint density at radius 2 is 1.79 bits per heavy atom. The largest absolute Gasteiger partial charge is 0.493 e. The molecule has 0 aliphatic carbocycles. The van der Waals surface area contributed by atoms with Gasteiger partial charge in [0.15, 0.2) is 11.5 Å². The second-order valence-electron chi connectivity index (χ2n) is 4.89. The minimum absolute atomic E-state index is 0.151. The van der Waals surface area contributed by atoms with Crippen molar-refractivity contribution in [3.05, 3.63) is 50.7 Å². The number of carbonyl (C=O) groups excluding carboxylic acids is 1. The van der Waals surface area contributed by atoms with Gasteiger partial charge >= 0.3 is 5.69 Å². The first-order valence-corrected chi connectivity index (χ1v) is 6.95. The van der Waals surface area contributed by atoms with Gasteiger partial charge in [-0.1, -0.05) is 6.07 Å². The van der Waals surface area contributed by atoms with Crippen molar-refractivity contribution in [2.75, 3.05) is 19.6 Å². The van der Waals surface area contributed by atoms with E-state index in [1.165, 1.54) is 38.9 Å². The lowest BCUT2D eigenvalue weighted by Gasteiger charge is -2.15. The molecule has 9 nitrogen and oxygen atoms in total. The van der Waals surface area contributed by atoms with E-state index in [1.807, 2.05) is 0 Å². The van der Waals surface area contributed by atoms with Crippen molar-refractivity contribution in [1.82, 2.24) is 14.6 Å². The van der Waals surface area contributed by atoms with E-state index in [0.717, 1.165) is 4.57 Å². The van der Waals surface area contributed by atoms with Crippen LogP contribution in [0.1, 0.15) is 10.4 Å². The lowest BCUT2D eigenvalue weighted by molar-refractivity contribution is 0.0958. The number of methoxy groups -OCH3 is 2. The Kier molecular flexibility index (Phi) is 4.93. The quantitative estimate of drug-likeness (QED) is 0.738. The molecule has 0 aliphatic rings. The third kappa shape index (κ3) is 3.09. The number of benzene rings is 1. The number of nitrogens with one attached hydrogen (secondary N) is 2. The van der Waals surface area contributed by atoms with Gasteiger partial charge in [0.25, 0.3) is 11.5 Å². The monoisotopic (exact) mass is 334 g/mol. The molecule has 1 aromatic carbocycles. The summed E-state index contributed by atoms with van der Waals surface area (Å²) < 4.78 is 12.5. The van der Waals surface area contributed by atoms with Crippen LogP contribution in [-0.4, -0.2) is 29.3 Å². The number of hydrazine groups is 1. The van der Waals surface area contributed by atoms with E-state index >= 15 is 0 Å². The van der Waals surface area contributed by atoms with Crippen molar-refractivity contribution in [3.8, 4) is 11.5 Å². The van der Waals surface area contributed by atoms with Crippen LogP contribution < -0.4 is 31.6 Å². The Bertz CT molecular complexity index is 884. The maximum absolute atomic E-state index is 12.3. The number of hydrogen-bond acceptors (Lipinski definition) is 6. The molecule has 0 fully saturated rings. The number of carbonyl (C=O) groups is 1. The van der Waals surface area contributed by atoms with E-state index < -0.39 is 17.2 Å². The number of nitrogens with zero attached hydrogens (tertiary/aromatic N) is 2. The Morgan fingerprint density at radius 3 is 2.42 bits per heavy atom. The van der Waals surface area contributed by atoms with E-state index in [-0.39, 0.29) is 17.1 Å². The van der Waals surface area contributed by atoms with Gasteiger partial charge in [0, 0.05) is 20.2 Å². The number of amides is 1. The Labute approximate surface area is 137 Å². The van der Waals surface area contributed by atoms with E-state index in [4.69, 9.17) is 9.47 Å². The van der Waals surface area contributed by atoms with E-state index in [1.54, 1.807) is 18.2 Å². The molecule has 128 valence electrons. The number of para-hydroxylation sites is 1. The second-order valence-corrected chi connectivity index (χ2v) is 4.89. The lowest BCUT2D eigenvalue weighted by atomic mass is 10.2. The summed E-state index contributed by atoms with van der Waals surface area (Å²) >= 11 is 0. The van der Waals surface area contributed by atoms with Crippen LogP contribution in [-0.2, 0) is 14.1 Å². The summed E-state index contributed by atoms with van der Waals surface area (Å²) in [5.74, 6) is 0.320. The minimum Gasteiger partial charge on any atom is -0.493 e. The van der Waals surface area contributed by atoms with Gasteiger partial charge in [0.1, 0.15) is 5.82 Å². The summed E-state index contributed by atoms with van der Waals surface area (Å²) in [6.07, 6.45) is 0. The molecule has 1 heterocycles. The first-order valence-electron chi connectivity index (χ1n) is 6.95. The fourth-order valence-corrected chi connectivity index (χ4v) is 2.11. The Hall–Kier alpha value is -3.23. The van der Waals surface area contributed by atoms with Crippen molar-refractivity contribution >= 4 is 11.7 Å². The fraction of sp³-hybridized carbons (Fsp3) is 0.267. The van der Waals surface area contributed by atoms with Crippen LogP contribution in [0.15, 0.2) is 33.9 Å². The molecule has 0 radical (unpaired) electrons. The summed E-state index contributed by atoms with van der Waals surface area (Å²) in [6.45, 7) is 0. The molecular weight excluding hydrogens is 316 g/mol. The molecular formula is C15H18N4O5. The van der Waals surface area contributed by atoms with Crippen LogP contribution in [0.2, 0.25) is 0 Å². The molecule has 1 amide bonds. The van der Waals surface area contributed by atoms with Gasteiger partial charge in [0.05, 0.1) is 19.8 Å². The predicted octanol–water partition coefficient (Wildman–Crippen LogP) is -0.142. The van der Waals surface area contributed by atoms with Gasteiger partial charge in [0.2, 0.25) is 0 Å². The third-order valence-electron chi connectivity index (χ3n) is 3.48. The number of ether oxygens (including phenoxy) is 2. The summed E-state index contributed by atoms with van der Waals surface area (Å²) in [5.41, 5.74) is 4.21. The normalized spacial score (nSPS) is 10.2. The lowest BCUT2D eigenvalue weighted by Crippen LogP contribution is -2.40. The van der Waals surface area contributed by atoms with Gasteiger partial charge in [-0.2, -0.15) is 0 Å². The molecule has 2 aromatic rings. The maximum Gasteiger partial charge on any atom is 0.332 e. The topological polar surface area (TPSA) is 104 Å². The van der Waals surface area contributed by atoms with Crippen molar-refractivity contribution in [1.29, 1.82) is 0 Å². The molecule has 0 spiro atoms. The van der Waals surface area contributed by atoms with Crippen LogP contribution in [0.25, 0.3) is 0 Å². The minimum atomic E-state index is -0.516. The highest BCUT2D eigenvalue weighted by atomic mass is 16.5. The average molecular weight is 334 g/mol. The zero-order chi connectivity index (χ0) is 17.9. The first-order chi connectivity index (χ1) is 11.4. The molecule has 0 atom stereocenters. The highest BCUT2D eigenvalue weighted by Crippen LogP contribution is 2.30. The van der Waals surface area contributed by atoms with Crippen molar-refractivity contribution in [2.45, 2.75) is 0 Å². The van der Waals surface area contributed by atoms with Gasteiger partial charge in [-0.25, -0.2) is 4.79 Å². The van der Waals surface area contributed by atoms with Gasteiger partial charge in [-0.15, -0.1) is 0 Å². The van der Waals surface area contributed by atoms with E-state index in [2.05, 4.69) is 10.9 Å².